The number of esters is 1. The van der Waals surface area contributed by atoms with E-state index in [1.807, 2.05) is 22.7 Å². The average Bonchev–Trinajstić information content (AvgIpc) is 2.76. The van der Waals surface area contributed by atoms with E-state index in [2.05, 4.69) is 20.9 Å². The van der Waals surface area contributed by atoms with Crippen LogP contribution in [0, 0.1) is 0 Å². The minimum atomic E-state index is -0.432. The Bertz CT molecular complexity index is 580. The lowest BCUT2D eigenvalue weighted by Crippen LogP contribution is -2.04. The van der Waals surface area contributed by atoms with Gasteiger partial charge < -0.3 is 14.9 Å². The molecule has 2 heterocycles. The molecule has 0 radical (unpaired) electrons. The van der Waals surface area contributed by atoms with E-state index in [0.717, 1.165) is 28.7 Å². The number of carbonyl (C=O) groups excluding carboxylic acids is 1. The highest BCUT2D eigenvalue weighted by molar-refractivity contribution is 9.10. The Hall–Kier alpha value is -1.40. The molecule has 0 aliphatic heterocycles. The number of ether oxygens (including phenoxy) is 1. The third kappa shape index (κ3) is 2.26. The summed E-state index contributed by atoms with van der Waals surface area (Å²) in [4.78, 5) is 16.1. The van der Waals surface area contributed by atoms with Crippen LogP contribution in [-0.4, -0.2) is 29.0 Å². The first-order chi connectivity index (χ1) is 8.69. The fourth-order valence-electron chi connectivity index (χ4n) is 1.84. The third-order valence-corrected chi connectivity index (χ3v) is 3.31. The molecular formula is C12H14BrN3O2. The van der Waals surface area contributed by atoms with Crippen molar-refractivity contribution in [1.82, 2.24) is 9.38 Å². The Morgan fingerprint density at radius 1 is 1.61 bits per heavy atom. The first-order valence-corrected chi connectivity index (χ1v) is 6.42. The van der Waals surface area contributed by atoms with Gasteiger partial charge in [0, 0.05) is 17.1 Å². The normalized spacial score (nSPS) is 10.8. The van der Waals surface area contributed by atoms with Gasteiger partial charge in [-0.3, -0.25) is 0 Å². The minimum Gasteiger partial charge on any atom is -0.464 e. The van der Waals surface area contributed by atoms with Crippen LogP contribution in [0.4, 0.5) is 0 Å². The molecule has 2 rings (SSSR count). The van der Waals surface area contributed by atoms with Crippen molar-refractivity contribution in [2.45, 2.75) is 12.8 Å². The zero-order chi connectivity index (χ0) is 13.1. The van der Waals surface area contributed by atoms with Gasteiger partial charge in [0.2, 0.25) is 0 Å². The number of methoxy groups -OCH3 is 1. The summed E-state index contributed by atoms with van der Waals surface area (Å²) in [6.07, 6.45) is 3.43. The van der Waals surface area contributed by atoms with E-state index >= 15 is 0 Å². The number of hydrogen-bond donors (Lipinski definition) is 1. The summed E-state index contributed by atoms with van der Waals surface area (Å²) in [5, 5.41) is 0. The van der Waals surface area contributed by atoms with E-state index in [-0.39, 0.29) is 0 Å². The summed E-state index contributed by atoms with van der Waals surface area (Å²) >= 11 is 3.43. The molecule has 5 nitrogen and oxygen atoms in total. The largest absolute Gasteiger partial charge is 0.464 e. The van der Waals surface area contributed by atoms with Gasteiger partial charge in [0.05, 0.1) is 12.6 Å². The predicted octanol–water partition coefficient (Wildman–Crippen LogP) is 1.77. The molecule has 6 heteroatoms. The summed E-state index contributed by atoms with van der Waals surface area (Å²) in [5.74, 6) is 0.385. The van der Waals surface area contributed by atoms with Crippen molar-refractivity contribution < 1.29 is 9.53 Å². The highest BCUT2D eigenvalue weighted by Gasteiger charge is 2.19. The highest BCUT2D eigenvalue weighted by atomic mass is 79.9. The maximum absolute atomic E-state index is 11.7. The van der Waals surface area contributed by atoms with Crippen molar-refractivity contribution in [3.8, 4) is 0 Å². The molecule has 0 aliphatic carbocycles. The third-order valence-electron chi connectivity index (χ3n) is 2.67. The zero-order valence-electron chi connectivity index (χ0n) is 10.0. The van der Waals surface area contributed by atoms with Crippen LogP contribution in [-0.2, 0) is 11.2 Å². The number of hydrogen-bond acceptors (Lipinski definition) is 4. The summed E-state index contributed by atoms with van der Waals surface area (Å²) in [7, 11) is 1.35. The summed E-state index contributed by atoms with van der Waals surface area (Å²) in [5.41, 5.74) is 6.57. The van der Waals surface area contributed by atoms with Crippen LogP contribution in [0.25, 0.3) is 5.52 Å². The molecule has 0 saturated carbocycles. The van der Waals surface area contributed by atoms with Gasteiger partial charge in [-0.05, 0) is 41.0 Å². The van der Waals surface area contributed by atoms with Crippen molar-refractivity contribution in [3.63, 3.8) is 0 Å². The summed E-state index contributed by atoms with van der Waals surface area (Å²) < 4.78 is 7.47. The molecule has 0 aromatic carbocycles. The van der Waals surface area contributed by atoms with Gasteiger partial charge in [0.15, 0.2) is 5.69 Å². The number of halogens is 1. The highest BCUT2D eigenvalue weighted by Crippen LogP contribution is 2.23. The molecular weight excluding hydrogens is 298 g/mol. The van der Waals surface area contributed by atoms with Gasteiger partial charge in [0.1, 0.15) is 5.82 Å². The number of aromatic nitrogens is 2. The van der Waals surface area contributed by atoms with Crippen molar-refractivity contribution >= 4 is 27.4 Å². The van der Waals surface area contributed by atoms with Crippen LogP contribution in [0.1, 0.15) is 22.7 Å². The number of fused-ring (bicyclic) bond motifs is 1. The quantitative estimate of drug-likeness (QED) is 0.874. The Morgan fingerprint density at radius 2 is 2.39 bits per heavy atom. The van der Waals surface area contributed by atoms with Gasteiger partial charge in [-0.1, -0.05) is 0 Å². The lowest BCUT2D eigenvalue weighted by molar-refractivity contribution is 0.0596. The van der Waals surface area contributed by atoms with Crippen molar-refractivity contribution in [2.75, 3.05) is 13.7 Å². The molecule has 0 bridgehead atoms. The molecule has 0 fully saturated rings. The van der Waals surface area contributed by atoms with Gasteiger partial charge >= 0.3 is 5.97 Å². The maximum atomic E-state index is 11.7. The van der Waals surface area contributed by atoms with Crippen LogP contribution in [0.15, 0.2) is 22.8 Å². The molecule has 0 saturated heterocycles. The van der Waals surface area contributed by atoms with Crippen molar-refractivity contribution in [3.05, 3.63) is 34.3 Å². The zero-order valence-corrected chi connectivity index (χ0v) is 11.6. The second kappa shape index (κ2) is 5.49. The van der Waals surface area contributed by atoms with E-state index in [0.29, 0.717) is 12.2 Å². The topological polar surface area (TPSA) is 69.6 Å². The lowest BCUT2D eigenvalue weighted by Gasteiger charge is -2.01. The van der Waals surface area contributed by atoms with Crippen LogP contribution in [0.5, 0.6) is 0 Å². The molecule has 2 aromatic rings. The Labute approximate surface area is 113 Å². The number of imidazole rings is 1. The van der Waals surface area contributed by atoms with Gasteiger partial charge in [-0.25, -0.2) is 9.78 Å². The molecule has 0 unspecified atom stereocenters. The smallest absolute Gasteiger partial charge is 0.358 e. The van der Waals surface area contributed by atoms with Gasteiger partial charge in [0.25, 0.3) is 0 Å². The molecule has 0 amide bonds. The Morgan fingerprint density at radius 3 is 3.06 bits per heavy atom. The Balaban J connectivity index is 2.60. The second-order valence-electron chi connectivity index (χ2n) is 3.84. The van der Waals surface area contributed by atoms with Crippen molar-refractivity contribution in [2.24, 2.45) is 5.73 Å². The fourth-order valence-corrected chi connectivity index (χ4v) is 2.37. The molecule has 0 aliphatic rings. The fraction of sp³-hybridized carbons (Fsp3) is 0.333. The molecule has 96 valence electrons. The van der Waals surface area contributed by atoms with E-state index in [9.17, 15) is 4.79 Å². The molecule has 0 atom stereocenters. The van der Waals surface area contributed by atoms with Crippen molar-refractivity contribution in [1.29, 1.82) is 0 Å². The monoisotopic (exact) mass is 311 g/mol. The average molecular weight is 312 g/mol. The maximum Gasteiger partial charge on any atom is 0.358 e. The number of aryl methyl sites for hydroxylation is 1. The number of pyridine rings is 1. The molecule has 0 spiro atoms. The molecule has 2 aromatic heterocycles. The van der Waals surface area contributed by atoms with Gasteiger partial charge in [-0.2, -0.15) is 0 Å². The second-order valence-corrected chi connectivity index (χ2v) is 4.69. The standard InChI is InChI=1S/C12H14BrN3O2/c1-18-12(17)10-11-8(13)4-3-7-16(11)9(15-10)5-2-6-14/h3-4,7H,2,5-6,14H2,1H3. The van der Waals surface area contributed by atoms with Crippen LogP contribution in [0.2, 0.25) is 0 Å². The minimum absolute atomic E-state index is 0.331. The number of rotatable bonds is 4. The number of carbonyl (C=O) groups is 1. The van der Waals surface area contributed by atoms with E-state index in [4.69, 9.17) is 10.5 Å². The van der Waals surface area contributed by atoms with E-state index < -0.39 is 5.97 Å². The molecule has 18 heavy (non-hydrogen) atoms. The van der Waals surface area contributed by atoms with Crippen LogP contribution in [0.3, 0.4) is 0 Å². The number of nitrogens with two attached hydrogens (primary N) is 1. The van der Waals surface area contributed by atoms with Gasteiger partial charge in [-0.15, -0.1) is 0 Å². The Kier molecular flexibility index (Phi) is 3.98. The summed E-state index contributed by atoms with van der Waals surface area (Å²) in [6, 6.07) is 3.77. The first kappa shape index (κ1) is 13.0. The first-order valence-electron chi connectivity index (χ1n) is 5.63. The summed E-state index contributed by atoms with van der Waals surface area (Å²) in [6.45, 7) is 0.594. The molecule has 2 N–H and O–H groups in total. The van der Waals surface area contributed by atoms with E-state index in [1.54, 1.807) is 0 Å². The lowest BCUT2D eigenvalue weighted by atomic mass is 10.3. The van der Waals surface area contributed by atoms with Crippen LogP contribution < -0.4 is 5.73 Å². The number of nitrogens with zero attached hydrogens (tertiary/aromatic N) is 2. The predicted molar refractivity (Wildman–Crippen MR) is 71.6 cm³/mol. The SMILES string of the molecule is COC(=O)c1nc(CCCN)n2cccc(Br)c12. The van der Waals surface area contributed by atoms with Crippen LogP contribution >= 0.6 is 15.9 Å². The van der Waals surface area contributed by atoms with E-state index in [1.165, 1.54) is 7.11 Å².